The third kappa shape index (κ3) is 2.97. The molecule has 0 saturated carbocycles. The van der Waals surface area contributed by atoms with Gasteiger partial charge < -0.3 is 9.63 Å². The minimum absolute atomic E-state index is 0.0122. The van der Waals surface area contributed by atoms with Gasteiger partial charge in [-0.2, -0.15) is 4.98 Å². The molecule has 7 heteroatoms. The second kappa shape index (κ2) is 5.56. The van der Waals surface area contributed by atoms with Crippen LogP contribution in [0, 0.1) is 0 Å². The van der Waals surface area contributed by atoms with Crippen LogP contribution >= 0.6 is 34.8 Å². The number of hydrogen-bond acceptors (Lipinski definition) is 4. The zero-order valence-corrected chi connectivity index (χ0v) is 12.6. The summed E-state index contributed by atoms with van der Waals surface area (Å²) >= 11 is 17.7. The average Bonchev–Trinajstić information content (AvgIpc) is 2.90. The van der Waals surface area contributed by atoms with Gasteiger partial charge in [-0.3, -0.25) is 0 Å². The molecular formula is C14H7Cl3N2O2. The van der Waals surface area contributed by atoms with E-state index in [4.69, 9.17) is 39.3 Å². The fourth-order valence-electron chi connectivity index (χ4n) is 1.78. The first-order valence-corrected chi connectivity index (χ1v) is 6.95. The van der Waals surface area contributed by atoms with Gasteiger partial charge in [-0.25, -0.2) is 0 Å². The van der Waals surface area contributed by atoms with Crippen LogP contribution in [0.4, 0.5) is 0 Å². The molecule has 21 heavy (non-hydrogen) atoms. The topological polar surface area (TPSA) is 59.2 Å². The predicted molar refractivity (Wildman–Crippen MR) is 81.9 cm³/mol. The van der Waals surface area contributed by atoms with E-state index in [0.29, 0.717) is 27.0 Å². The summed E-state index contributed by atoms with van der Waals surface area (Å²) in [4.78, 5) is 4.27. The molecule has 0 spiro atoms. The van der Waals surface area contributed by atoms with Crippen LogP contribution in [-0.2, 0) is 0 Å². The molecule has 3 aromatic rings. The maximum absolute atomic E-state index is 9.41. The molecule has 3 rings (SSSR count). The first-order chi connectivity index (χ1) is 10.0. The number of phenolic OH excluding ortho intramolecular Hbond substituents is 1. The summed E-state index contributed by atoms with van der Waals surface area (Å²) in [5.41, 5.74) is 1.25. The number of aromatic nitrogens is 2. The van der Waals surface area contributed by atoms with E-state index in [1.54, 1.807) is 30.3 Å². The largest absolute Gasteiger partial charge is 0.506 e. The Morgan fingerprint density at radius 2 is 1.62 bits per heavy atom. The highest BCUT2D eigenvalue weighted by molar-refractivity contribution is 6.35. The van der Waals surface area contributed by atoms with Crippen molar-refractivity contribution in [3.8, 4) is 28.6 Å². The molecule has 0 aliphatic heterocycles. The Morgan fingerprint density at radius 3 is 2.29 bits per heavy atom. The van der Waals surface area contributed by atoms with Gasteiger partial charge >= 0.3 is 0 Å². The molecule has 0 aliphatic carbocycles. The van der Waals surface area contributed by atoms with Crippen molar-refractivity contribution in [2.45, 2.75) is 0 Å². The van der Waals surface area contributed by atoms with Gasteiger partial charge in [-0.05, 0) is 36.4 Å². The molecule has 0 radical (unpaired) electrons. The van der Waals surface area contributed by atoms with E-state index in [1.165, 1.54) is 6.07 Å². The minimum atomic E-state index is -0.0122. The molecule has 0 fully saturated rings. The van der Waals surface area contributed by atoms with Gasteiger partial charge in [-0.15, -0.1) is 0 Å². The van der Waals surface area contributed by atoms with Crippen LogP contribution in [0.3, 0.4) is 0 Å². The lowest BCUT2D eigenvalue weighted by Crippen LogP contribution is -1.82. The lowest BCUT2D eigenvalue weighted by atomic mass is 10.2. The fourth-order valence-corrected chi connectivity index (χ4v) is 2.49. The van der Waals surface area contributed by atoms with Crippen LogP contribution < -0.4 is 0 Å². The molecule has 0 atom stereocenters. The van der Waals surface area contributed by atoms with Crippen molar-refractivity contribution in [3.63, 3.8) is 0 Å². The monoisotopic (exact) mass is 340 g/mol. The van der Waals surface area contributed by atoms with Crippen LogP contribution in [-0.4, -0.2) is 15.2 Å². The fraction of sp³-hybridized carbons (Fsp3) is 0. The number of phenols is 1. The van der Waals surface area contributed by atoms with Crippen LogP contribution in [0.25, 0.3) is 22.8 Å². The molecule has 0 saturated heterocycles. The molecular weight excluding hydrogens is 335 g/mol. The third-order valence-corrected chi connectivity index (χ3v) is 3.48. The maximum Gasteiger partial charge on any atom is 0.258 e. The summed E-state index contributed by atoms with van der Waals surface area (Å²) in [5, 5.41) is 14.5. The van der Waals surface area contributed by atoms with E-state index in [9.17, 15) is 5.11 Å². The minimum Gasteiger partial charge on any atom is -0.506 e. The van der Waals surface area contributed by atoms with Crippen molar-refractivity contribution < 1.29 is 9.63 Å². The van der Waals surface area contributed by atoms with Crippen LogP contribution in [0.5, 0.6) is 5.75 Å². The first-order valence-electron chi connectivity index (χ1n) is 5.82. The van der Waals surface area contributed by atoms with E-state index in [2.05, 4.69) is 10.1 Å². The highest BCUT2D eigenvalue weighted by Gasteiger charge is 2.13. The van der Waals surface area contributed by atoms with Crippen molar-refractivity contribution in [2.75, 3.05) is 0 Å². The summed E-state index contributed by atoms with van der Waals surface area (Å²) < 4.78 is 5.19. The Balaban J connectivity index is 2.01. The van der Waals surface area contributed by atoms with Crippen molar-refractivity contribution >= 4 is 34.8 Å². The van der Waals surface area contributed by atoms with Crippen molar-refractivity contribution in [1.82, 2.24) is 10.1 Å². The normalized spacial score (nSPS) is 10.8. The molecule has 1 aromatic heterocycles. The molecule has 4 nitrogen and oxygen atoms in total. The zero-order valence-electron chi connectivity index (χ0n) is 10.3. The van der Waals surface area contributed by atoms with Crippen LogP contribution in [0.15, 0.2) is 40.9 Å². The van der Waals surface area contributed by atoms with Crippen LogP contribution in [0.1, 0.15) is 0 Å². The molecule has 0 amide bonds. The van der Waals surface area contributed by atoms with Gasteiger partial charge in [0.15, 0.2) is 0 Å². The summed E-state index contributed by atoms with van der Waals surface area (Å²) in [6.45, 7) is 0. The Labute approximate surface area is 134 Å². The van der Waals surface area contributed by atoms with Gasteiger partial charge in [0.25, 0.3) is 5.89 Å². The summed E-state index contributed by atoms with van der Waals surface area (Å²) in [6, 6.07) is 9.62. The first kappa shape index (κ1) is 14.2. The third-order valence-electron chi connectivity index (χ3n) is 2.74. The quantitative estimate of drug-likeness (QED) is 0.707. The molecule has 0 aliphatic rings. The van der Waals surface area contributed by atoms with Gasteiger partial charge in [0.1, 0.15) is 5.75 Å². The smallest absolute Gasteiger partial charge is 0.258 e. The van der Waals surface area contributed by atoms with Gasteiger partial charge in [0, 0.05) is 21.2 Å². The lowest BCUT2D eigenvalue weighted by Gasteiger charge is -1.98. The Bertz CT molecular complexity index is 797. The van der Waals surface area contributed by atoms with Crippen molar-refractivity contribution in [1.29, 1.82) is 0 Å². The summed E-state index contributed by atoms with van der Waals surface area (Å²) in [7, 11) is 0. The second-order valence-corrected chi connectivity index (χ2v) is 5.53. The molecule has 0 unspecified atom stereocenters. The van der Waals surface area contributed by atoms with E-state index >= 15 is 0 Å². The highest BCUT2D eigenvalue weighted by Crippen LogP contribution is 2.30. The average molecular weight is 342 g/mol. The molecule has 1 N–H and O–H groups in total. The zero-order chi connectivity index (χ0) is 15.0. The Kier molecular flexibility index (Phi) is 3.76. The molecule has 1 heterocycles. The van der Waals surface area contributed by atoms with E-state index < -0.39 is 0 Å². The van der Waals surface area contributed by atoms with Crippen LogP contribution in [0.2, 0.25) is 15.1 Å². The summed E-state index contributed by atoms with van der Waals surface area (Å²) in [6.07, 6.45) is 0. The number of rotatable bonds is 2. The van der Waals surface area contributed by atoms with E-state index in [0.717, 1.165) is 0 Å². The summed E-state index contributed by atoms with van der Waals surface area (Å²) in [5.74, 6) is 0.628. The Morgan fingerprint density at radius 1 is 0.905 bits per heavy atom. The van der Waals surface area contributed by atoms with Gasteiger partial charge in [0.2, 0.25) is 5.82 Å². The predicted octanol–water partition coefficient (Wildman–Crippen LogP) is 5.07. The van der Waals surface area contributed by atoms with E-state index in [1.807, 2.05) is 0 Å². The van der Waals surface area contributed by atoms with Crippen molar-refractivity contribution in [2.24, 2.45) is 0 Å². The number of benzene rings is 2. The lowest BCUT2D eigenvalue weighted by molar-refractivity contribution is 0.432. The van der Waals surface area contributed by atoms with Gasteiger partial charge in [-0.1, -0.05) is 40.0 Å². The standard InChI is InChI=1S/C14H7Cl3N2O2/c15-9-3-8(4-10(16)6-9)13-18-14(21-19-13)7-1-2-12(20)11(17)5-7/h1-6,20H. The van der Waals surface area contributed by atoms with Crippen molar-refractivity contribution in [3.05, 3.63) is 51.5 Å². The van der Waals surface area contributed by atoms with Gasteiger partial charge in [0.05, 0.1) is 5.02 Å². The number of aromatic hydroxyl groups is 1. The number of halogens is 3. The number of hydrogen-bond donors (Lipinski definition) is 1. The molecule has 106 valence electrons. The second-order valence-electron chi connectivity index (χ2n) is 4.25. The molecule has 2 aromatic carbocycles. The van der Waals surface area contributed by atoms with E-state index in [-0.39, 0.29) is 16.7 Å². The SMILES string of the molecule is Oc1ccc(-c2nc(-c3cc(Cl)cc(Cl)c3)no2)cc1Cl. The maximum atomic E-state index is 9.41. The number of nitrogens with zero attached hydrogens (tertiary/aromatic N) is 2. The highest BCUT2D eigenvalue weighted by atomic mass is 35.5. The molecule has 0 bridgehead atoms. The Hall–Kier alpha value is -1.75.